The Balaban J connectivity index is 1.91. The normalized spacial score (nSPS) is 10.9. The van der Waals surface area contributed by atoms with E-state index in [0.717, 1.165) is 0 Å². The first-order valence-corrected chi connectivity index (χ1v) is 7.26. The standard InChI is InChI=1S/C18H12N2O5/c21-18(22)13-5-1-3-7-15(13)19-11-12-9-10-17(25-12)14-6-2-4-8-16(14)20(23)24/h1-11H,(H,21,22). The number of carboxylic acids is 1. The summed E-state index contributed by atoms with van der Waals surface area (Å²) in [6.45, 7) is 0. The first-order valence-electron chi connectivity index (χ1n) is 7.26. The van der Waals surface area contributed by atoms with Gasteiger partial charge in [-0.3, -0.25) is 15.1 Å². The fourth-order valence-electron chi connectivity index (χ4n) is 2.31. The van der Waals surface area contributed by atoms with Crippen molar-refractivity contribution in [2.45, 2.75) is 0 Å². The number of nitro groups is 1. The molecule has 0 unspecified atom stereocenters. The number of hydrogen-bond donors (Lipinski definition) is 1. The van der Waals surface area contributed by atoms with Gasteiger partial charge in [-0.05, 0) is 30.3 Å². The van der Waals surface area contributed by atoms with Crippen molar-refractivity contribution < 1.29 is 19.2 Å². The van der Waals surface area contributed by atoms with E-state index >= 15 is 0 Å². The smallest absolute Gasteiger partial charge is 0.337 e. The maximum atomic E-state index is 11.2. The predicted octanol–water partition coefficient (Wildman–Crippen LogP) is 4.30. The van der Waals surface area contributed by atoms with Crippen LogP contribution >= 0.6 is 0 Å². The molecule has 0 aliphatic rings. The molecular formula is C18H12N2O5. The highest BCUT2D eigenvalue weighted by Crippen LogP contribution is 2.30. The first kappa shape index (κ1) is 16.1. The van der Waals surface area contributed by atoms with Gasteiger partial charge in [-0.25, -0.2) is 4.79 Å². The van der Waals surface area contributed by atoms with Crippen molar-refractivity contribution >= 4 is 23.6 Å². The third-order valence-electron chi connectivity index (χ3n) is 3.46. The van der Waals surface area contributed by atoms with Crippen molar-refractivity contribution in [1.82, 2.24) is 0 Å². The monoisotopic (exact) mass is 336 g/mol. The Labute approximate surface area is 142 Å². The molecule has 2 aromatic carbocycles. The molecular weight excluding hydrogens is 324 g/mol. The maximum Gasteiger partial charge on any atom is 0.337 e. The molecule has 124 valence electrons. The fourth-order valence-corrected chi connectivity index (χ4v) is 2.31. The van der Waals surface area contributed by atoms with Gasteiger partial charge in [0.2, 0.25) is 0 Å². The van der Waals surface area contributed by atoms with Crippen LogP contribution in [0, 0.1) is 10.1 Å². The zero-order chi connectivity index (χ0) is 17.8. The lowest BCUT2D eigenvalue weighted by atomic mass is 10.1. The van der Waals surface area contributed by atoms with Crippen LogP contribution in [-0.4, -0.2) is 22.2 Å². The lowest BCUT2D eigenvalue weighted by Crippen LogP contribution is -1.95. The van der Waals surface area contributed by atoms with Gasteiger partial charge in [-0.2, -0.15) is 0 Å². The molecule has 0 radical (unpaired) electrons. The van der Waals surface area contributed by atoms with Gasteiger partial charge < -0.3 is 9.52 Å². The van der Waals surface area contributed by atoms with Gasteiger partial charge in [-0.1, -0.05) is 24.3 Å². The topological polar surface area (TPSA) is 106 Å². The molecule has 7 heteroatoms. The zero-order valence-corrected chi connectivity index (χ0v) is 12.8. The Bertz CT molecular complexity index is 975. The van der Waals surface area contributed by atoms with E-state index in [1.165, 1.54) is 18.3 Å². The van der Waals surface area contributed by atoms with Gasteiger partial charge in [0, 0.05) is 6.07 Å². The summed E-state index contributed by atoms with van der Waals surface area (Å²) in [5.74, 6) is -0.388. The predicted molar refractivity (Wildman–Crippen MR) is 91.5 cm³/mol. The third-order valence-corrected chi connectivity index (χ3v) is 3.46. The van der Waals surface area contributed by atoms with E-state index in [1.807, 2.05) is 0 Å². The van der Waals surface area contributed by atoms with Gasteiger partial charge in [-0.15, -0.1) is 0 Å². The minimum atomic E-state index is -1.08. The van der Waals surface area contributed by atoms with Gasteiger partial charge in [0.15, 0.2) is 0 Å². The van der Waals surface area contributed by atoms with Crippen LogP contribution in [0.15, 0.2) is 70.1 Å². The number of nitrogens with zero attached hydrogens (tertiary/aromatic N) is 2. The summed E-state index contributed by atoms with van der Waals surface area (Å²) in [6, 6.07) is 15.8. The number of carboxylic acid groups (broad SMARTS) is 1. The molecule has 0 spiro atoms. The van der Waals surface area contributed by atoms with Crippen LogP contribution in [0.2, 0.25) is 0 Å². The summed E-state index contributed by atoms with van der Waals surface area (Å²) in [5, 5.41) is 20.2. The number of benzene rings is 2. The van der Waals surface area contributed by atoms with Crippen LogP contribution in [0.3, 0.4) is 0 Å². The molecule has 1 aromatic heterocycles. The van der Waals surface area contributed by atoms with Gasteiger partial charge >= 0.3 is 5.97 Å². The van der Waals surface area contributed by atoms with Crippen LogP contribution in [0.5, 0.6) is 0 Å². The largest absolute Gasteiger partial charge is 0.478 e. The van der Waals surface area contributed by atoms with Crippen molar-refractivity contribution in [2.24, 2.45) is 4.99 Å². The molecule has 3 aromatic rings. The molecule has 0 bridgehead atoms. The Morgan fingerprint density at radius 3 is 2.56 bits per heavy atom. The van der Waals surface area contributed by atoms with E-state index in [2.05, 4.69) is 4.99 Å². The van der Waals surface area contributed by atoms with E-state index in [4.69, 9.17) is 9.52 Å². The molecule has 3 rings (SSSR count). The fraction of sp³-hybridized carbons (Fsp3) is 0. The van der Waals surface area contributed by atoms with E-state index in [0.29, 0.717) is 22.8 Å². The average Bonchev–Trinajstić information content (AvgIpc) is 3.09. The summed E-state index contributed by atoms with van der Waals surface area (Å²) in [7, 11) is 0. The number of para-hydroxylation sites is 2. The summed E-state index contributed by atoms with van der Waals surface area (Å²) >= 11 is 0. The number of furan rings is 1. The second kappa shape index (κ2) is 6.79. The Morgan fingerprint density at radius 1 is 1.08 bits per heavy atom. The van der Waals surface area contributed by atoms with Gasteiger partial charge in [0.05, 0.1) is 28.0 Å². The molecule has 0 aliphatic carbocycles. The third kappa shape index (κ3) is 3.45. The molecule has 0 amide bonds. The lowest BCUT2D eigenvalue weighted by molar-refractivity contribution is -0.384. The van der Waals surface area contributed by atoms with Crippen LogP contribution in [0.4, 0.5) is 11.4 Å². The number of nitro benzene ring substituents is 1. The molecule has 7 nitrogen and oxygen atoms in total. The quantitative estimate of drug-likeness (QED) is 0.424. The summed E-state index contributed by atoms with van der Waals surface area (Å²) in [4.78, 5) is 25.9. The molecule has 0 saturated heterocycles. The highest BCUT2D eigenvalue weighted by Gasteiger charge is 2.16. The Kier molecular flexibility index (Phi) is 4.38. The van der Waals surface area contributed by atoms with Gasteiger partial charge in [0.1, 0.15) is 11.5 Å². The minimum Gasteiger partial charge on any atom is -0.478 e. The molecule has 0 fully saturated rings. The van der Waals surface area contributed by atoms with Crippen molar-refractivity contribution in [2.75, 3.05) is 0 Å². The molecule has 1 N–H and O–H groups in total. The molecule has 25 heavy (non-hydrogen) atoms. The highest BCUT2D eigenvalue weighted by atomic mass is 16.6. The Hall–Kier alpha value is -3.74. The van der Waals surface area contributed by atoms with Crippen molar-refractivity contribution in [3.05, 3.63) is 82.1 Å². The zero-order valence-electron chi connectivity index (χ0n) is 12.8. The number of rotatable bonds is 5. The second-order valence-corrected chi connectivity index (χ2v) is 5.06. The number of carbonyl (C=O) groups is 1. The summed E-state index contributed by atoms with van der Waals surface area (Å²) in [6.07, 6.45) is 1.38. The molecule has 0 atom stereocenters. The van der Waals surface area contributed by atoms with Crippen molar-refractivity contribution in [1.29, 1.82) is 0 Å². The minimum absolute atomic E-state index is 0.0587. The van der Waals surface area contributed by atoms with E-state index in [-0.39, 0.29) is 11.3 Å². The van der Waals surface area contributed by atoms with Crippen molar-refractivity contribution in [3.8, 4) is 11.3 Å². The number of aliphatic imine (C=N–C) groups is 1. The SMILES string of the molecule is O=C(O)c1ccccc1N=Cc1ccc(-c2ccccc2[N+](=O)[O-])o1. The Morgan fingerprint density at radius 2 is 1.80 bits per heavy atom. The number of aromatic carboxylic acids is 1. The maximum absolute atomic E-state index is 11.2. The van der Waals surface area contributed by atoms with Gasteiger partial charge in [0.25, 0.3) is 5.69 Å². The lowest BCUT2D eigenvalue weighted by Gasteiger charge is -1.99. The molecule has 0 saturated carbocycles. The summed E-state index contributed by atoms with van der Waals surface area (Å²) in [5.41, 5.74) is 0.664. The van der Waals surface area contributed by atoms with Crippen LogP contribution < -0.4 is 0 Å². The first-order chi connectivity index (χ1) is 12.1. The van der Waals surface area contributed by atoms with Crippen molar-refractivity contribution in [3.63, 3.8) is 0 Å². The average molecular weight is 336 g/mol. The summed E-state index contributed by atoms with van der Waals surface area (Å²) < 4.78 is 5.58. The molecule has 1 heterocycles. The highest BCUT2D eigenvalue weighted by molar-refractivity contribution is 5.94. The van der Waals surface area contributed by atoms with Crippen LogP contribution in [0.25, 0.3) is 11.3 Å². The second-order valence-electron chi connectivity index (χ2n) is 5.06. The van der Waals surface area contributed by atoms with E-state index in [1.54, 1.807) is 48.5 Å². The van der Waals surface area contributed by atoms with E-state index < -0.39 is 10.9 Å². The number of hydrogen-bond acceptors (Lipinski definition) is 5. The van der Waals surface area contributed by atoms with E-state index in [9.17, 15) is 14.9 Å². The molecule has 0 aliphatic heterocycles. The van der Waals surface area contributed by atoms with Crippen LogP contribution in [0.1, 0.15) is 16.1 Å². The van der Waals surface area contributed by atoms with Crippen LogP contribution in [-0.2, 0) is 0 Å².